The first-order valence-electron chi connectivity index (χ1n) is 6.04. The maximum absolute atomic E-state index is 2.20. The number of hydrogen-bond acceptors (Lipinski definition) is 0. The molecule has 17 heavy (non-hydrogen) atoms. The van der Waals surface area contributed by atoms with Crippen molar-refractivity contribution in [3.05, 3.63) is 59.7 Å². The minimum atomic E-state index is 0. The molecule has 0 bridgehead atoms. The molecule has 2 aromatic rings. The summed E-state index contributed by atoms with van der Waals surface area (Å²) in [5.41, 5.74) is 2.87. The van der Waals surface area contributed by atoms with Gasteiger partial charge >= 0.3 is 0 Å². The van der Waals surface area contributed by atoms with E-state index in [4.69, 9.17) is 0 Å². The molecule has 0 nitrogen and oxygen atoms in total. The molecule has 0 radical (unpaired) electrons. The molecule has 0 amide bonds. The minimum Gasteiger partial charge on any atom is -0.748 e. The molecular weight excluding hydrogens is 248 g/mol. The average Bonchev–Trinajstić information content (AvgIpc) is 2.93. The zero-order valence-electron chi connectivity index (χ0n) is 11.1. The van der Waals surface area contributed by atoms with Crippen LogP contribution < -0.4 is 0 Å². The van der Waals surface area contributed by atoms with Crippen molar-refractivity contribution in [3.63, 3.8) is 0 Å². The van der Waals surface area contributed by atoms with Gasteiger partial charge in [0, 0.05) is 17.1 Å². The third kappa shape index (κ3) is 5.91. The van der Waals surface area contributed by atoms with Crippen molar-refractivity contribution in [2.75, 3.05) is 0 Å². The molecule has 2 rings (SSSR count). The molecule has 0 aromatic heterocycles. The standard InChI is InChI=1S/2C8H11.Fe/c2*1-7(2)8-5-3-4-6-8;/h2*3-7H,1-2H3;/q-5;-1;. The third-order valence-electron chi connectivity index (χ3n) is 2.71. The van der Waals surface area contributed by atoms with Crippen LogP contribution in [0.1, 0.15) is 50.7 Å². The summed E-state index contributed by atoms with van der Waals surface area (Å²) in [6.07, 6.45) is 0. The fraction of sp³-hybridized carbons (Fsp3) is 0.375. The Labute approximate surface area is 116 Å². The maximum Gasteiger partial charge on any atom is 0 e. The topological polar surface area (TPSA) is 0 Å². The van der Waals surface area contributed by atoms with Crippen molar-refractivity contribution in [1.82, 2.24) is 0 Å². The second kappa shape index (κ2) is 8.33. The Morgan fingerprint density at radius 3 is 1.53 bits per heavy atom. The Bertz CT molecular complexity index is 314. The van der Waals surface area contributed by atoms with Gasteiger partial charge in [-0.1, -0.05) is 33.6 Å². The van der Waals surface area contributed by atoms with Crippen LogP contribution in [0.4, 0.5) is 0 Å². The van der Waals surface area contributed by atoms with E-state index in [2.05, 4.69) is 76.2 Å². The van der Waals surface area contributed by atoms with Gasteiger partial charge in [-0.3, -0.25) is 0 Å². The minimum absolute atomic E-state index is 0. The molecule has 0 unspecified atom stereocenters. The van der Waals surface area contributed by atoms with Crippen molar-refractivity contribution in [2.24, 2.45) is 0 Å². The van der Waals surface area contributed by atoms with E-state index in [0.29, 0.717) is 11.8 Å². The van der Waals surface area contributed by atoms with Crippen LogP contribution in [0.15, 0.2) is 48.5 Å². The second-order valence-corrected chi connectivity index (χ2v) is 4.75. The normalized spacial score (nSPS) is 9.76. The predicted molar refractivity (Wildman–Crippen MR) is 72.2 cm³/mol. The Hall–Kier alpha value is -0.781. The van der Waals surface area contributed by atoms with Gasteiger partial charge in [-0.2, -0.15) is 17.7 Å². The summed E-state index contributed by atoms with van der Waals surface area (Å²) in [6, 6.07) is 16.9. The Kier molecular flexibility index (Phi) is 7.95. The predicted octanol–water partition coefficient (Wildman–Crippen LogP) is 5.06. The molecule has 0 heterocycles. The van der Waals surface area contributed by atoms with Gasteiger partial charge in [0.1, 0.15) is 0 Å². The van der Waals surface area contributed by atoms with Gasteiger partial charge in [0.2, 0.25) is 0 Å². The molecule has 0 atom stereocenters. The van der Waals surface area contributed by atoms with Gasteiger partial charge in [0.15, 0.2) is 0 Å². The van der Waals surface area contributed by atoms with Crippen molar-refractivity contribution in [2.45, 2.75) is 39.5 Å². The van der Waals surface area contributed by atoms with Crippen molar-refractivity contribution in [3.8, 4) is 0 Å². The first-order chi connectivity index (χ1) is 7.61. The molecule has 0 spiro atoms. The summed E-state index contributed by atoms with van der Waals surface area (Å²) in [4.78, 5) is 0. The molecule has 0 N–H and O–H groups in total. The fourth-order valence-electron chi connectivity index (χ4n) is 1.55. The summed E-state index contributed by atoms with van der Waals surface area (Å²) >= 11 is 0. The Balaban J connectivity index is 0.000000284. The van der Waals surface area contributed by atoms with Crippen molar-refractivity contribution >= 4 is 0 Å². The van der Waals surface area contributed by atoms with Gasteiger partial charge in [0.25, 0.3) is 0 Å². The van der Waals surface area contributed by atoms with Crippen LogP contribution in [0.3, 0.4) is 0 Å². The Morgan fingerprint density at radius 1 is 0.824 bits per heavy atom. The first-order valence-corrected chi connectivity index (χ1v) is 6.04. The first kappa shape index (κ1) is 16.2. The molecule has 1 heteroatoms. The van der Waals surface area contributed by atoms with Crippen molar-refractivity contribution in [1.29, 1.82) is 0 Å². The largest absolute Gasteiger partial charge is 0.748 e. The molecule has 0 saturated carbocycles. The van der Waals surface area contributed by atoms with Gasteiger partial charge < -0.3 is 29.8 Å². The van der Waals surface area contributed by atoms with Crippen LogP contribution in [-0.2, 0) is 17.1 Å². The van der Waals surface area contributed by atoms with Crippen LogP contribution in [0.2, 0.25) is 0 Å². The van der Waals surface area contributed by atoms with E-state index in [0.717, 1.165) is 0 Å². The summed E-state index contributed by atoms with van der Waals surface area (Å²) in [6.45, 7) is 8.81. The van der Waals surface area contributed by atoms with E-state index in [-0.39, 0.29) is 17.1 Å². The van der Waals surface area contributed by atoms with Crippen LogP contribution >= 0.6 is 0 Å². The summed E-state index contributed by atoms with van der Waals surface area (Å²) in [5, 5.41) is 0. The fourth-order valence-corrected chi connectivity index (χ4v) is 1.55. The second-order valence-electron chi connectivity index (χ2n) is 4.75. The number of hydrogen-bond donors (Lipinski definition) is 0. The smallest absolute Gasteiger partial charge is 0 e. The van der Waals surface area contributed by atoms with Crippen LogP contribution in [0, 0.1) is 0 Å². The van der Waals surface area contributed by atoms with Crippen LogP contribution in [0.5, 0.6) is 0 Å². The average molecular weight is 270 g/mol. The third-order valence-corrected chi connectivity index (χ3v) is 2.71. The van der Waals surface area contributed by atoms with E-state index in [9.17, 15) is 0 Å². The summed E-state index contributed by atoms with van der Waals surface area (Å²) in [5.74, 6) is 1.37. The van der Waals surface area contributed by atoms with E-state index in [1.54, 1.807) is 0 Å². The summed E-state index contributed by atoms with van der Waals surface area (Å²) < 4.78 is 0. The zero-order valence-corrected chi connectivity index (χ0v) is 12.2. The quantitative estimate of drug-likeness (QED) is 0.528. The maximum atomic E-state index is 2.20. The molecule has 0 aliphatic carbocycles. The van der Waals surface area contributed by atoms with Gasteiger partial charge in [0.05, 0.1) is 0 Å². The monoisotopic (exact) mass is 270 g/mol. The zero-order chi connectivity index (χ0) is 12.0. The number of rotatable bonds is 2. The molecule has 0 aliphatic rings. The summed E-state index contributed by atoms with van der Waals surface area (Å²) in [7, 11) is 0. The van der Waals surface area contributed by atoms with Gasteiger partial charge in [-0.05, 0) is 0 Å². The van der Waals surface area contributed by atoms with E-state index >= 15 is 0 Å². The molecule has 0 saturated heterocycles. The molecular formula is C16H22Fe-6. The van der Waals surface area contributed by atoms with Crippen LogP contribution in [0.25, 0.3) is 0 Å². The molecule has 100 valence electrons. The Morgan fingerprint density at radius 2 is 1.29 bits per heavy atom. The van der Waals surface area contributed by atoms with Gasteiger partial charge in [-0.15, -0.1) is 0 Å². The van der Waals surface area contributed by atoms with E-state index in [1.807, 2.05) is 0 Å². The molecule has 0 fully saturated rings. The van der Waals surface area contributed by atoms with Gasteiger partial charge in [-0.25, -0.2) is 18.1 Å². The van der Waals surface area contributed by atoms with Crippen molar-refractivity contribution < 1.29 is 17.1 Å². The van der Waals surface area contributed by atoms with Crippen LogP contribution in [-0.4, -0.2) is 0 Å². The SMILES string of the molecule is CC(C)[c-]1[cH-][cH-][cH-][cH-]1.CC(C)[c-]1cccc1.[Fe]. The molecule has 2 aromatic carbocycles. The van der Waals surface area contributed by atoms with E-state index < -0.39 is 0 Å². The van der Waals surface area contributed by atoms with E-state index in [1.165, 1.54) is 11.1 Å². The molecule has 0 aliphatic heterocycles.